The molecule has 0 fully saturated rings. The maximum atomic E-state index is 10.8. The van der Waals surface area contributed by atoms with E-state index in [1.165, 1.54) is 6.92 Å². The van der Waals surface area contributed by atoms with Crippen LogP contribution in [0, 0.1) is 6.92 Å². The summed E-state index contributed by atoms with van der Waals surface area (Å²) in [4.78, 5) is 31.9. The predicted octanol–water partition coefficient (Wildman–Crippen LogP) is 0.612. The normalized spacial score (nSPS) is 10.1. The van der Waals surface area contributed by atoms with Crippen molar-refractivity contribution in [3.8, 4) is 0 Å². The van der Waals surface area contributed by atoms with Crippen LogP contribution in [0.3, 0.4) is 0 Å². The summed E-state index contributed by atoms with van der Waals surface area (Å²) in [7, 11) is 0. The number of hydrogen-bond acceptors (Lipinski definition) is 4. The molecule has 0 saturated carbocycles. The largest absolute Gasteiger partial charge is 0.481 e. The Morgan fingerprint density at radius 3 is 2.00 bits per heavy atom. The summed E-state index contributed by atoms with van der Waals surface area (Å²) in [6, 6.07) is 0. The van der Waals surface area contributed by atoms with Crippen LogP contribution in [0.25, 0.3) is 0 Å². The van der Waals surface area contributed by atoms with Crippen LogP contribution in [-0.4, -0.2) is 33.2 Å². The second-order valence-corrected chi connectivity index (χ2v) is 3.04. The van der Waals surface area contributed by atoms with Crippen LogP contribution in [-0.2, 0) is 11.2 Å². The predicted molar refractivity (Wildman–Crippen MR) is 48.7 cm³/mol. The molecule has 3 N–H and O–H groups in total. The fourth-order valence-corrected chi connectivity index (χ4v) is 1.27. The van der Waals surface area contributed by atoms with E-state index in [2.05, 4.69) is 0 Å². The van der Waals surface area contributed by atoms with Crippen LogP contribution >= 0.6 is 0 Å². The maximum absolute atomic E-state index is 10.8. The van der Waals surface area contributed by atoms with Crippen molar-refractivity contribution in [2.75, 3.05) is 0 Å². The molecule has 1 aromatic heterocycles. The van der Waals surface area contributed by atoms with Crippen molar-refractivity contribution in [1.29, 1.82) is 0 Å². The van der Waals surface area contributed by atoms with E-state index in [0.29, 0.717) is 0 Å². The maximum Gasteiger partial charge on any atom is 0.372 e. The number of aliphatic carboxylic acids is 1. The summed E-state index contributed by atoms with van der Waals surface area (Å²) < 4.78 is 4.72. The van der Waals surface area contributed by atoms with Gasteiger partial charge < -0.3 is 19.7 Å². The molecule has 0 bridgehead atoms. The van der Waals surface area contributed by atoms with Crippen molar-refractivity contribution >= 4 is 17.9 Å². The first kappa shape index (κ1) is 11.8. The van der Waals surface area contributed by atoms with Gasteiger partial charge in [-0.05, 0) is 6.92 Å². The van der Waals surface area contributed by atoms with E-state index in [-0.39, 0.29) is 11.3 Å². The van der Waals surface area contributed by atoms with Gasteiger partial charge in [-0.25, -0.2) is 9.59 Å². The smallest absolute Gasteiger partial charge is 0.372 e. The Morgan fingerprint density at radius 1 is 1.12 bits per heavy atom. The van der Waals surface area contributed by atoms with Gasteiger partial charge in [-0.3, -0.25) is 4.79 Å². The van der Waals surface area contributed by atoms with Crippen LogP contribution in [0.2, 0.25) is 0 Å². The average Bonchev–Trinajstić information content (AvgIpc) is 2.43. The lowest BCUT2D eigenvalue weighted by molar-refractivity contribution is -0.136. The van der Waals surface area contributed by atoms with Crippen LogP contribution < -0.4 is 0 Å². The zero-order valence-corrected chi connectivity index (χ0v) is 8.18. The van der Waals surface area contributed by atoms with Gasteiger partial charge in [0.25, 0.3) is 0 Å². The Bertz CT molecular complexity index is 468. The lowest BCUT2D eigenvalue weighted by atomic mass is 10.1. The monoisotopic (exact) mass is 228 g/mol. The molecule has 0 spiro atoms. The van der Waals surface area contributed by atoms with E-state index in [1.54, 1.807) is 0 Å². The zero-order chi connectivity index (χ0) is 12.5. The molecule has 0 amide bonds. The summed E-state index contributed by atoms with van der Waals surface area (Å²) in [6.45, 7) is 1.30. The Labute approximate surface area is 88.9 Å². The van der Waals surface area contributed by atoms with Gasteiger partial charge in [0.1, 0.15) is 17.7 Å². The third-order valence-electron chi connectivity index (χ3n) is 1.97. The topological polar surface area (TPSA) is 125 Å². The molecule has 0 atom stereocenters. The Kier molecular flexibility index (Phi) is 2.98. The van der Waals surface area contributed by atoms with Gasteiger partial charge in [0, 0.05) is 5.56 Å². The molecule has 0 aliphatic carbocycles. The summed E-state index contributed by atoms with van der Waals surface area (Å²) >= 11 is 0. The van der Waals surface area contributed by atoms with Gasteiger partial charge >= 0.3 is 17.9 Å². The standard InChI is InChI=1S/C9H8O7/c1-3-4(2-5(10)11)16-7(9(14)15)6(3)8(12)13/h2H2,1H3,(H,10,11)(H,12,13)(H,14,15). The molecular weight excluding hydrogens is 220 g/mol. The number of aromatic carboxylic acids is 2. The zero-order valence-electron chi connectivity index (χ0n) is 8.18. The third-order valence-corrected chi connectivity index (χ3v) is 1.97. The molecule has 0 aromatic carbocycles. The molecule has 0 radical (unpaired) electrons. The molecular formula is C9H8O7. The minimum Gasteiger partial charge on any atom is -0.481 e. The van der Waals surface area contributed by atoms with E-state index >= 15 is 0 Å². The van der Waals surface area contributed by atoms with E-state index < -0.39 is 35.7 Å². The summed E-state index contributed by atoms with van der Waals surface area (Å²) in [5.74, 6) is -5.15. The van der Waals surface area contributed by atoms with Crippen LogP contribution in [0.1, 0.15) is 32.2 Å². The SMILES string of the molecule is Cc1c(CC(=O)O)oc(C(=O)O)c1C(=O)O. The quantitative estimate of drug-likeness (QED) is 0.689. The van der Waals surface area contributed by atoms with Gasteiger partial charge in [0.2, 0.25) is 5.76 Å². The third kappa shape index (κ3) is 2.02. The molecule has 7 nitrogen and oxygen atoms in total. The van der Waals surface area contributed by atoms with Gasteiger partial charge in [-0.2, -0.15) is 0 Å². The summed E-state index contributed by atoms with van der Waals surface area (Å²) in [5, 5.41) is 26.0. The fraction of sp³-hybridized carbons (Fsp3) is 0.222. The highest BCUT2D eigenvalue weighted by molar-refractivity contribution is 6.01. The van der Waals surface area contributed by atoms with Gasteiger partial charge in [-0.15, -0.1) is 0 Å². The number of carboxylic acid groups (broad SMARTS) is 3. The number of furan rings is 1. The Balaban J connectivity index is 3.35. The second-order valence-electron chi connectivity index (χ2n) is 3.04. The summed E-state index contributed by atoms with van der Waals surface area (Å²) in [5.41, 5.74) is -0.490. The molecule has 0 aliphatic rings. The number of carboxylic acids is 3. The van der Waals surface area contributed by atoms with Gasteiger partial charge in [-0.1, -0.05) is 0 Å². The minimum absolute atomic E-state index is 0.0206. The molecule has 7 heteroatoms. The first-order chi connectivity index (χ1) is 7.34. The number of hydrogen-bond donors (Lipinski definition) is 3. The van der Waals surface area contributed by atoms with Crippen molar-refractivity contribution in [2.24, 2.45) is 0 Å². The lowest BCUT2D eigenvalue weighted by Gasteiger charge is -1.93. The van der Waals surface area contributed by atoms with Crippen molar-refractivity contribution in [1.82, 2.24) is 0 Å². The first-order valence-electron chi connectivity index (χ1n) is 4.15. The molecule has 1 rings (SSSR count). The highest BCUT2D eigenvalue weighted by atomic mass is 16.4. The highest BCUT2D eigenvalue weighted by Gasteiger charge is 2.27. The van der Waals surface area contributed by atoms with E-state index in [0.717, 1.165) is 0 Å². The van der Waals surface area contributed by atoms with Crippen molar-refractivity contribution in [3.05, 3.63) is 22.6 Å². The van der Waals surface area contributed by atoms with Crippen molar-refractivity contribution < 1.29 is 34.1 Å². The molecule has 16 heavy (non-hydrogen) atoms. The summed E-state index contributed by atoms with van der Waals surface area (Å²) in [6.07, 6.45) is -0.556. The molecule has 0 unspecified atom stereocenters. The van der Waals surface area contributed by atoms with Gasteiger partial charge in [0.15, 0.2) is 0 Å². The Hall–Kier alpha value is -2.31. The average molecular weight is 228 g/mol. The van der Waals surface area contributed by atoms with Crippen LogP contribution in [0.15, 0.2) is 4.42 Å². The first-order valence-corrected chi connectivity index (χ1v) is 4.15. The van der Waals surface area contributed by atoms with Gasteiger partial charge in [0.05, 0.1) is 0 Å². The number of carbonyl (C=O) groups is 3. The van der Waals surface area contributed by atoms with E-state index in [9.17, 15) is 14.4 Å². The van der Waals surface area contributed by atoms with Crippen LogP contribution in [0.4, 0.5) is 0 Å². The molecule has 0 saturated heterocycles. The molecule has 1 aromatic rings. The second kappa shape index (κ2) is 4.05. The van der Waals surface area contributed by atoms with E-state index in [4.69, 9.17) is 19.7 Å². The fourth-order valence-electron chi connectivity index (χ4n) is 1.27. The lowest BCUT2D eigenvalue weighted by Crippen LogP contribution is -2.06. The highest BCUT2D eigenvalue weighted by Crippen LogP contribution is 2.22. The van der Waals surface area contributed by atoms with Crippen molar-refractivity contribution in [3.63, 3.8) is 0 Å². The molecule has 1 heterocycles. The molecule has 86 valence electrons. The van der Waals surface area contributed by atoms with Crippen molar-refractivity contribution in [2.45, 2.75) is 13.3 Å². The Morgan fingerprint density at radius 2 is 1.69 bits per heavy atom. The molecule has 0 aliphatic heterocycles. The number of rotatable bonds is 4. The van der Waals surface area contributed by atoms with Crippen LogP contribution in [0.5, 0.6) is 0 Å². The van der Waals surface area contributed by atoms with E-state index in [1.807, 2.05) is 0 Å². The minimum atomic E-state index is -1.54.